The second-order valence-corrected chi connectivity index (χ2v) is 1.20. The van der Waals surface area contributed by atoms with E-state index in [9.17, 15) is 0 Å². The van der Waals surface area contributed by atoms with Crippen molar-refractivity contribution in [3.8, 4) is 0 Å². The molecule has 4 heteroatoms. The molecule has 0 N–H and O–H groups in total. The van der Waals surface area contributed by atoms with E-state index in [1.807, 2.05) is 0 Å². The van der Waals surface area contributed by atoms with Crippen molar-refractivity contribution in [2.24, 2.45) is 0 Å². The maximum atomic E-state index is 9.00. The molecule has 2 nitrogen and oxygen atoms in total. The van der Waals surface area contributed by atoms with Crippen LogP contribution < -0.4 is 0 Å². The molecular weight excluding hydrogens is 319 g/mol. The summed E-state index contributed by atoms with van der Waals surface area (Å²) in [7, 11) is 0. The molecule has 0 aliphatic carbocycles. The van der Waals surface area contributed by atoms with Gasteiger partial charge in [-0.25, -0.2) is 0 Å². The molecule has 8 heavy (non-hydrogen) atoms. The second-order valence-electron chi connectivity index (χ2n) is 0.401. The molecule has 0 aliphatic rings. The van der Waals surface area contributed by atoms with Crippen LogP contribution in [0, 0.1) is 0 Å². The molecule has 0 saturated carbocycles. The van der Waals surface area contributed by atoms with Gasteiger partial charge in [0.1, 0.15) is 0 Å². The minimum Gasteiger partial charge on any atom is -0.773 e. The molecule has 0 heterocycles. The van der Waals surface area contributed by atoms with Crippen LogP contribution in [0.3, 0.4) is 0 Å². The first-order valence-electron chi connectivity index (χ1n) is 0.742. The van der Waals surface area contributed by atoms with Gasteiger partial charge in [0.15, 0.2) is 0 Å². The van der Waals surface area contributed by atoms with E-state index in [1.54, 1.807) is 0 Å². The number of hydrogen-bond acceptors (Lipinski definition) is 2. The predicted molar refractivity (Wildman–Crippen MR) is 40.8 cm³/mol. The summed E-state index contributed by atoms with van der Waals surface area (Å²) in [5.74, 6) is 0. The molecule has 0 rings (SSSR count). The molecule has 0 fully saturated rings. The standard InChI is InChI=1S/CH4O2S.3CH4.Pb/c1-4(2)3;;;;/h1H3,(H,2,3);3*1H4;/p-1. The minimum atomic E-state index is -1.86. The summed E-state index contributed by atoms with van der Waals surface area (Å²) in [6, 6.07) is 0. The summed E-state index contributed by atoms with van der Waals surface area (Å²) < 4.78 is 18.0. The topological polar surface area (TPSA) is 40.1 Å². The van der Waals surface area contributed by atoms with Crippen molar-refractivity contribution in [2.45, 2.75) is 22.3 Å². The minimum absolute atomic E-state index is 0. The molecule has 0 spiro atoms. The van der Waals surface area contributed by atoms with Crippen molar-refractivity contribution < 1.29 is 8.76 Å². The van der Waals surface area contributed by atoms with Gasteiger partial charge in [-0.3, -0.25) is 4.21 Å². The van der Waals surface area contributed by atoms with E-state index in [-0.39, 0.29) is 49.6 Å². The molecule has 0 aromatic rings. The van der Waals surface area contributed by atoms with E-state index in [0.717, 1.165) is 6.26 Å². The SMILES string of the molecule is C.C.C.CS(=O)[O-].[Pb]. The van der Waals surface area contributed by atoms with Crippen molar-refractivity contribution in [3.05, 3.63) is 0 Å². The third-order valence-electron chi connectivity index (χ3n) is 0. The van der Waals surface area contributed by atoms with Gasteiger partial charge in [-0.2, -0.15) is 0 Å². The van der Waals surface area contributed by atoms with E-state index >= 15 is 0 Å². The van der Waals surface area contributed by atoms with E-state index in [4.69, 9.17) is 8.76 Å². The van der Waals surface area contributed by atoms with Gasteiger partial charge < -0.3 is 4.55 Å². The Morgan fingerprint density at radius 1 is 1.25 bits per heavy atom. The van der Waals surface area contributed by atoms with Crippen molar-refractivity contribution in [2.75, 3.05) is 6.26 Å². The van der Waals surface area contributed by atoms with Crippen LogP contribution in [0.5, 0.6) is 0 Å². The number of rotatable bonds is 0. The Kier molecular flexibility index (Phi) is 109. The van der Waals surface area contributed by atoms with Crippen LogP contribution in [0.15, 0.2) is 0 Å². The molecule has 0 aromatic carbocycles. The maximum absolute atomic E-state index is 9.00. The van der Waals surface area contributed by atoms with Crippen molar-refractivity contribution >= 4 is 38.4 Å². The summed E-state index contributed by atoms with van der Waals surface area (Å²) >= 11 is -1.86. The Morgan fingerprint density at radius 2 is 1.25 bits per heavy atom. The summed E-state index contributed by atoms with van der Waals surface area (Å²) in [6.07, 6.45) is 1.08. The fourth-order valence-corrected chi connectivity index (χ4v) is 0. The van der Waals surface area contributed by atoms with Gasteiger partial charge in [0.25, 0.3) is 0 Å². The van der Waals surface area contributed by atoms with E-state index in [2.05, 4.69) is 0 Å². The largest absolute Gasteiger partial charge is 0.773 e. The Bertz CT molecular complexity index is 37.0. The summed E-state index contributed by atoms with van der Waals surface area (Å²) in [4.78, 5) is 0. The van der Waals surface area contributed by atoms with E-state index in [1.165, 1.54) is 0 Å². The van der Waals surface area contributed by atoms with Crippen molar-refractivity contribution in [1.29, 1.82) is 0 Å². The van der Waals surface area contributed by atoms with Crippen LogP contribution in [-0.2, 0) is 11.1 Å². The second kappa shape index (κ2) is 24.4. The van der Waals surface area contributed by atoms with Gasteiger partial charge in [0.05, 0.1) is 0 Å². The monoisotopic (exact) mass is 335 g/mol. The maximum Gasteiger partial charge on any atom is 0 e. The third kappa shape index (κ3) is 240. The molecule has 1 atom stereocenters. The molecule has 1 unspecified atom stereocenters. The Balaban J connectivity index is -0.00000000750. The van der Waals surface area contributed by atoms with Crippen LogP contribution in [0.25, 0.3) is 0 Å². The Hall–Kier alpha value is 1.03. The quantitative estimate of drug-likeness (QED) is 0.490. The van der Waals surface area contributed by atoms with Crippen LogP contribution in [0.4, 0.5) is 0 Å². The predicted octanol–water partition coefficient (Wildman–Crippen LogP) is 1.02. The normalized spacial score (nSPS) is 7.75. The summed E-state index contributed by atoms with van der Waals surface area (Å²) in [5, 5.41) is 0. The zero-order valence-electron chi connectivity index (χ0n) is 2.72. The zero-order chi connectivity index (χ0) is 3.58. The fourth-order valence-electron chi connectivity index (χ4n) is 0. The zero-order valence-corrected chi connectivity index (χ0v) is 7.43. The van der Waals surface area contributed by atoms with Gasteiger partial charge in [-0.05, 0) is 6.26 Å². The van der Waals surface area contributed by atoms with Crippen LogP contribution >= 0.6 is 0 Å². The molecule has 0 aromatic heterocycles. The molecule has 0 saturated heterocycles. The first-order chi connectivity index (χ1) is 1.73. The molecule has 54 valence electrons. The van der Waals surface area contributed by atoms with Gasteiger partial charge >= 0.3 is 0 Å². The molecule has 0 amide bonds. The number of hydrogen-bond donors (Lipinski definition) is 0. The Morgan fingerprint density at radius 3 is 1.25 bits per heavy atom. The van der Waals surface area contributed by atoms with Gasteiger partial charge in [0, 0.05) is 27.3 Å². The van der Waals surface area contributed by atoms with E-state index in [0.29, 0.717) is 0 Å². The fraction of sp³-hybridized carbons (Fsp3) is 1.00. The smallest absolute Gasteiger partial charge is 0 e. The Labute approximate surface area is 75.5 Å². The first-order valence-corrected chi connectivity index (χ1v) is 2.22. The van der Waals surface area contributed by atoms with Crippen LogP contribution in [0.2, 0.25) is 0 Å². The van der Waals surface area contributed by atoms with Crippen molar-refractivity contribution in [3.63, 3.8) is 0 Å². The molecular formula is C4H15O2PbS-. The van der Waals surface area contributed by atoms with E-state index < -0.39 is 11.1 Å². The first kappa shape index (κ1) is 35.8. The third-order valence-corrected chi connectivity index (χ3v) is 0. The molecule has 0 bridgehead atoms. The van der Waals surface area contributed by atoms with Crippen LogP contribution in [0.1, 0.15) is 22.3 Å². The van der Waals surface area contributed by atoms with Gasteiger partial charge in [-0.1, -0.05) is 33.4 Å². The summed E-state index contributed by atoms with van der Waals surface area (Å²) in [5.41, 5.74) is 0. The van der Waals surface area contributed by atoms with Gasteiger partial charge in [0.2, 0.25) is 0 Å². The average Bonchev–Trinajstić information content (AvgIpc) is 0.811. The van der Waals surface area contributed by atoms with Crippen molar-refractivity contribution in [1.82, 2.24) is 0 Å². The molecule has 4 radical (unpaired) electrons. The summed E-state index contributed by atoms with van der Waals surface area (Å²) in [6.45, 7) is 0. The van der Waals surface area contributed by atoms with Crippen LogP contribution in [-0.4, -0.2) is 42.3 Å². The molecule has 0 aliphatic heterocycles. The average molecular weight is 334 g/mol. The van der Waals surface area contributed by atoms with Gasteiger partial charge in [-0.15, -0.1) is 0 Å².